The van der Waals surface area contributed by atoms with Crippen LogP contribution in [0.5, 0.6) is 5.75 Å². The molecular weight excluding hydrogens is 324 g/mol. The largest absolute Gasteiger partial charge is 0.497 e. The fraction of sp³-hybridized carbons (Fsp3) is 0.111. The number of H-pyrrole nitrogens is 1. The summed E-state index contributed by atoms with van der Waals surface area (Å²) in [5, 5.41) is 0. The molecule has 0 bridgehead atoms. The maximum absolute atomic E-state index is 11.5. The van der Waals surface area contributed by atoms with E-state index in [1.807, 2.05) is 47.2 Å². The number of nitrogens with one attached hydrogen (secondary N) is 1. The van der Waals surface area contributed by atoms with Gasteiger partial charge in [-0.3, -0.25) is 4.57 Å². The average Bonchev–Trinajstić information content (AvgIpc) is 3.03. The molecule has 3 aromatic rings. The number of nitrogens with zero attached hydrogens (tertiary/aromatic N) is 1. The van der Waals surface area contributed by atoms with E-state index in [1.54, 1.807) is 19.2 Å². The van der Waals surface area contributed by atoms with E-state index in [0.717, 1.165) is 22.7 Å². The second kappa shape index (κ2) is 6.72. The van der Waals surface area contributed by atoms with Crippen molar-refractivity contribution in [2.45, 2.75) is 0 Å². The number of imidazole rings is 1. The number of aromatic amines is 1. The Morgan fingerprint density at radius 2 is 1.71 bits per heavy atom. The summed E-state index contributed by atoms with van der Waals surface area (Å²) in [7, 11) is 3.00. The molecule has 0 amide bonds. The average molecular weight is 340 g/mol. The van der Waals surface area contributed by atoms with Crippen molar-refractivity contribution in [3.8, 4) is 22.7 Å². The van der Waals surface area contributed by atoms with Crippen LogP contribution < -0.4 is 4.74 Å². The minimum absolute atomic E-state index is 0.363. The zero-order valence-corrected chi connectivity index (χ0v) is 14.1. The Balaban J connectivity index is 1.93. The van der Waals surface area contributed by atoms with Gasteiger partial charge in [-0.05, 0) is 66.3 Å². The van der Waals surface area contributed by atoms with Crippen LogP contribution in [0.4, 0.5) is 0 Å². The second-order valence-corrected chi connectivity index (χ2v) is 5.50. The van der Waals surface area contributed by atoms with Gasteiger partial charge in [-0.15, -0.1) is 0 Å². The third-order valence-electron chi connectivity index (χ3n) is 3.69. The number of ether oxygens (including phenoxy) is 2. The van der Waals surface area contributed by atoms with Crippen molar-refractivity contribution < 1.29 is 14.3 Å². The lowest BCUT2D eigenvalue weighted by atomic mass is 10.1. The maximum atomic E-state index is 11.5. The molecule has 24 heavy (non-hydrogen) atoms. The minimum Gasteiger partial charge on any atom is -0.497 e. The lowest BCUT2D eigenvalue weighted by Gasteiger charge is -2.04. The molecule has 0 fully saturated rings. The predicted molar refractivity (Wildman–Crippen MR) is 94.3 cm³/mol. The quantitative estimate of drug-likeness (QED) is 0.576. The fourth-order valence-corrected chi connectivity index (χ4v) is 2.65. The molecule has 0 saturated carbocycles. The Bertz CT molecular complexity index is 909. The number of rotatable bonds is 4. The molecule has 0 saturated heterocycles. The highest BCUT2D eigenvalue weighted by Crippen LogP contribution is 2.23. The van der Waals surface area contributed by atoms with Gasteiger partial charge in [-0.2, -0.15) is 0 Å². The molecule has 1 heterocycles. The SMILES string of the molecule is COC(=O)c1ccc(-n2cc(-c3ccc(OC)cc3)[nH]c2=S)cc1. The van der Waals surface area contributed by atoms with Crippen molar-refractivity contribution in [3.05, 3.63) is 65.1 Å². The van der Waals surface area contributed by atoms with Crippen LogP contribution in [0.3, 0.4) is 0 Å². The van der Waals surface area contributed by atoms with Gasteiger partial charge in [0, 0.05) is 11.9 Å². The summed E-state index contributed by atoms with van der Waals surface area (Å²) in [6.07, 6.45) is 1.93. The summed E-state index contributed by atoms with van der Waals surface area (Å²) in [5.41, 5.74) is 3.27. The van der Waals surface area contributed by atoms with E-state index in [9.17, 15) is 4.79 Å². The van der Waals surface area contributed by atoms with Crippen LogP contribution in [0.1, 0.15) is 10.4 Å². The first kappa shape index (κ1) is 16.0. The first-order valence-corrected chi connectivity index (χ1v) is 7.68. The molecule has 0 aliphatic rings. The molecule has 1 N–H and O–H groups in total. The summed E-state index contributed by atoms with van der Waals surface area (Å²) in [5.74, 6) is 0.438. The number of aromatic nitrogens is 2. The van der Waals surface area contributed by atoms with Gasteiger partial charge in [0.05, 0.1) is 25.5 Å². The standard InChI is InChI=1S/C18H16N2O3S/c1-22-15-9-5-12(6-10-15)16-11-20(18(24)19-16)14-7-3-13(4-8-14)17(21)23-2/h3-11H,1-2H3,(H,19,24). The number of esters is 1. The molecule has 0 aliphatic carbocycles. The molecule has 2 aromatic carbocycles. The zero-order valence-electron chi connectivity index (χ0n) is 13.3. The molecule has 0 radical (unpaired) electrons. The van der Waals surface area contributed by atoms with Crippen LogP contribution in [-0.2, 0) is 4.74 Å². The molecule has 3 rings (SSSR count). The second-order valence-electron chi connectivity index (χ2n) is 5.11. The Morgan fingerprint density at radius 3 is 2.29 bits per heavy atom. The summed E-state index contributed by atoms with van der Waals surface area (Å²) in [6, 6.07) is 14.8. The first-order chi connectivity index (χ1) is 11.6. The highest BCUT2D eigenvalue weighted by atomic mass is 32.1. The van der Waals surface area contributed by atoms with Gasteiger partial charge in [-0.1, -0.05) is 0 Å². The van der Waals surface area contributed by atoms with Crippen LogP contribution in [0.25, 0.3) is 16.9 Å². The van der Waals surface area contributed by atoms with E-state index in [4.69, 9.17) is 21.7 Å². The summed E-state index contributed by atoms with van der Waals surface area (Å²) >= 11 is 5.40. The van der Waals surface area contributed by atoms with Gasteiger partial charge >= 0.3 is 5.97 Å². The third-order valence-corrected chi connectivity index (χ3v) is 3.98. The summed E-state index contributed by atoms with van der Waals surface area (Å²) in [4.78, 5) is 14.7. The van der Waals surface area contributed by atoms with Crippen LogP contribution in [-0.4, -0.2) is 29.7 Å². The number of benzene rings is 2. The van der Waals surface area contributed by atoms with Crippen LogP contribution >= 0.6 is 12.2 Å². The number of carbonyl (C=O) groups is 1. The highest BCUT2D eigenvalue weighted by Gasteiger charge is 2.08. The van der Waals surface area contributed by atoms with Gasteiger partial charge in [0.25, 0.3) is 0 Å². The van der Waals surface area contributed by atoms with Crippen molar-refractivity contribution >= 4 is 18.2 Å². The Labute approximate surface area is 144 Å². The number of hydrogen-bond donors (Lipinski definition) is 1. The molecule has 6 heteroatoms. The van der Waals surface area contributed by atoms with Crippen molar-refractivity contribution in [3.63, 3.8) is 0 Å². The molecule has 0 aliphatic heterocycles. The smallest absolute Gasteiger partial charge is 0.337 e. The van der Waals surface area contributed by atoms with Crippen LogP contribution in [0.2, 0.25) is 0 Å². The van der Waals surface area contributed by atoms with E-state index in [0.29, 0.717) is 10.3 Å². The third kappa shape index (κ3) is 3.09. The molecule has 0 unspecified atom stereocenters. The number of carbonyl (C=O) groups excluding carboxylic acids is 1. The fourth-order valence-electron chi connectivity index (χ4n) is 2.38. The topological polar surface area (TPSA) is 56.2 Å². The van der Waals surface area contributed by atoms with Gasteiger partial charge in [0.1, 0.15) is 5.75 Å². The first-order valence-electron chi connectivity index (χ1n) is 7.27. The van der Waals surface area contributed by atoms with Gasteiger partial charge in [0.15, 0.2) is 4.77 Å². The monoisotopic (exact) mass is 340 g/mol. The van der Waals surface area contributed by atoms with Crippen LogP contribution in [0.15, 0.2) is 54.7 Å². The van der Waals surface area contributed by atoms with Gasteiger partial charge < -0.3 is 14.5 Å². The van der Waals surface area contributed by atoms with E-state index < -0.39 is 0 Å². The van der Waals surface area contributed by atoms with E-state index in [1.165, 1.54) is 7.11 Å². The van der Waals surface area contributed by atoms with Gasteiger partial charge in [-0.25, -0.2) is 4.79 Å². The van der Waals surface area contributed by atoms with Crippen molar-refractivity contribution in [1.82, 2.24) is 9.55 Å². The van der Waals surface area contributed by atoms with E-state index in [2.05, 4.69) is 4.98 Å². The van der Waals surface area contributed by atoms with Crippen molar-refractivity contribution in [2.24, 2.45) is 0 Å². The summed E-state index contributed by atoms with van der Waals surface area (Å²) < 4.78 is 12.3. The predicted octanol–water partition coefficient (Wildman–Crippen LogP) is 4.00. The lowest BCUT2D eigenvalue weighted by Crippen LogP contribution is -2.01. The van der Waals surface area contributed by atoms with E-state index in [-0.39, 0.29) is 5.97 Å². The van der Waals surface area contributed by atoms with Crippen molar-refractivity contribution in [1.29, 1.82) is 0 Å². The Kier molecular flexibility index (Phi) is 4.48. The van der Waals surface area contributed by atoms with E-state index >= 15 is 0 Å². The van der Waals surface area contributed by atoms with Crippen LogP contribution in [0, 0.1) is 4.77 Å². The molecule has 0 atom stereocenters. The Hall–Kier alpha value is -2.86. The number of methoxy groups -OCH3 is 2. The van der Waals surface area contributed by atoms with Crippen molar-refractivity contribution in [2.75, 3.05) is 14.2 Å². The normalized spacial score (nSPS) is 10.4. The molecule has 0 spiro atoms. The molecule has 122 valence electrons. The summed E-state index contributed by atoms with van der Waals surface area (Å²) in [6.45, 7) is 0. The molecule has 1 aromatic heterocycles. The molecular formula is C18H16N2O3S. The minimum atomic E-state index is -0.363. The van der Waals surface area contributed by atoms with Gasteiger partial charge in [0.2, 0.25) is 0 Å². The molecule has 5 nitrogen and oxygen atoms in total. The maximum Gasteiger partial charge on any atom is 0.337 e. The zero-order chi connectivity index (χ0) is 17.1. The lowest BCUT2D eigenvalue weighted by molar-refractivity contribution is 0.0601. The number of hydrogen-bond acceptors (Lipinski definition) is 4. The highest BCUT2D eigenvalue weighted by molar-refractivity contribution is 7.71. The Morgan fingerprint density at radius 1 is 1.04 bits per heavy atom.